The first-order valence-electron chi connectivity index (χ1n) is 7.50. The molecule has 1 N–H and O–H groups in total. The zero-order valence-electron chi connectivity index (χ0n) is 13.4. The van der Waals surface area contributed by atoms with Gasteiger partial charge in [0, 0.05) is 13.2 Å². The fraction of sp³-hybridized carbons (Fsp3) is 0.235. The molecular formula is C17H17N3O4. The van der Waals surface area contributed by atoms with Crippen LogP contribution in [0.1, 0.15) is 6.92 Å². The van der Waals surface area contributed by atoms with Crippen LogP contribution in [0.25, 0.3) is 0 Å². The van der Waals surface area contributed by atoms with Crippen LogP contribution in [0.4, 0.5) is 11.4 Å². The predicted octanol–water partition coefficient (Wildman–Crippen LogP) is 1.14. The number of aryl methyl sites for hydroxylation is 1. The molecule has 2 aromatic rings. The minimum Gasteiger partial charge on any atom is -0.479 e. The monoisotopic (exact) mass is 327 g/mol. The largest absolute Gasteiger partial charge is 0.479 e. The number of rotatable bonds is 3. The molecule has 0 saturated heterocycles. The summed E-state index contributed by atoms with van der Waals surface area (Å²) in [5.41, 5.74) is 0.400. The number of nitrogens with zero attached hydrogens (tertiary/aromatic N) is 2. The van der Waals surface area contributed by atoms with Crippen LogP contribution in [0.15, 0.2) is 47.4 Å². The van der Waals surface area contributed by atoms with Gasteiger partial charge < -0.3 is 14.6 Å². The van der Waals surface area contributed by atoms with Crippen LogP contribution < -0.4 is 20.5 Å². The van der Waals surface area contributed by atoms with Crippen LogP contribution in [0.5, 0.6) is 5.75 Å². The van der Waals surface area contributed by atoms with E-state index in [1.54, 1.807) is 50.5 Å². The summed E-state index contributed by atoms with van der Waals surface area (Å²) >= 11 is 0. The van der Waals surface area contributed by atoms with Gasteiger partial charge in [-0.15, -0.1) is 0 Å². The van der Waals surface area contributed by atoms with Crippen molar-refractivity contribution in [3.05, 3.63) is 52.9 Å². The molecule has 1 aromatic carbocycles. The first-order valence-corrected chi connectivity index (χ1v) is 7.50. The van der Waals surface area contributed by atoms with Gasteiger partial charge in [-0.3, -0.25) is 19.3 Å². The van der Waals surface area contributed by atoms with Gasteiger partial charge in [0.25, 0.3) is 11.5 Å². The van der Waals surface area contributed by atoms with Crippen molar-refractivity contribution in [2.75, 3.05) is 16.8 Å². The topological polar surface area (TPSA) is 80.6 Å². The van der Waals surface area contributed by atoms with Gasteiger partial charge in [-0.05, 0) is 31.2 Å². The average Bonchev–Trinajstić information content (AvgIpc) is 2.56. The van der Waals surface area contributed by atoms with Crippen LogP contribution in [0.2, 0.25) is 0 Å². The first-order chi connectivity index (χ1) is 11.5. The Morgan fingerprint density at radius 1 is 1.21 bits per heavy atom. The fourth-order valence-electron chi connectivity index (χ4n) is 2.55. The molecule has 3 rings (SSSR count). The van der Waals surface area contributed by atoms with E-state index in [2.05, 4.69) is 5.32 Å². The van der Waals surface area contributed by atoms with Crippen molar-refractivity contribution in [1.82, 2.24) is 4.57 Å². The maximum Gasteiger partial charge on any atom is 0.274 e. The SMILES string of the molecule is CC1Oc2ccccc2N(CC(=O)Nc2cccn(C)c2=O)C1=O. The van der Waals surface area contributed by atoms with Crippen molar-refractivity contribution in [2.45, 2.75) is 13.0 Å². The number of anilines is 2. The molecule has 0 bridgehead atoms. The van der Waals surface area contributed by atoms with Crippen LogP contribution in [0.3, 0.4) is 0 Å². The van der Waals surface area contributed by atoms with Gasteiger partial charge in [0.05, 0.1) is 5.69 Å². The van der Waals surface area contributed by atoms with Gasteiger partial charge in [0.2, 0.25) is 5.91 Å². The highest BCUT2D eigenvalue weighted by atomic mass is 16.5. The number of aromatic nitrogens is 1. The highest BCUT2D eigenvalue weighted by Gasteiger charge is 2.32. The third-order valence-electron chi connectivity index (χ3n) is 3.77. The molecule has 2 amide bonds. The molecule has 1 atom stereocenters. The molecule has 0 saturated carbocycles. The Kier molecular flexibility index (Phi) is 4.07. The Morgan fingerprint density at radius 2 is 1.96 bits per heavy atom. The Bertz CT molecular complexity index is 859. The molecule has 1 aliphatic heterocycles. The number of carbonyl (C=O) groups excluding carboxylic acids is 2. The zero-order chi connectivity index (χ0) is 17.3. The highest BCUT2D eigenvalue weighted by Crippen LogP contribution is 2.33. The van der Waals surface area contributed by atoms with E-state index in [4.69, 9.17) is 4.74 Å². The number of benzene rings is 1. The maximum atomic E-state index is 12.4. The maximum absolute atomic E-state index is 12.4. The molecule has 124 valence electrons. The van der Waals surface area contributed by atoms with Crippen LogP contribution in [-0.4, -0.2) is 29.0 Å². The number of nitrogens with one attached hydrogen (secondary N) is 1. The van der Waals surface area contributed by atoms with E-state index in [-0.39, 0.29) is 23.7 Å². The number of ether oxygens (including phenoxy) is 1. The molecule has 0 radical (unpaired) electrons. The summed E-state index contributed by atoms with van der Waals surface area (Å²) in [5.74, 6) is -0.201. The van der Waals surface area contributed by atoms with E-state index in [0.29, 0.717) is 11.4 Å². The molecular weight excluding hydrogens is 310 g/mol. The Hall–Kier alpha value is -3.09. The molecule has 24 heavy (non-hydrogen) atoms. The van der Waals surface area contributed by atoms with E-state index in [9.17, 15) is 14.4 Å². The number of pyridine rings is 1. The van der Waals surface area contributed by atoms with Crippen LogP contribution in [0, 0.1) is 0 Å². The van der Waals surface area contributed by atoms with E-state index < -0.39 is 12.0 Å². The lowest BCUT2D eigenvalue weighted by Crippen LogP contribution is -2.47. The molecule has 0 aliphatic carbocycles. The van der Waals surface area contributed by atoms with Crippen molar-refractivity contribution in [1.29, 1.82) is 0 Å². The van der Waals surface area contributed by atoms with E-state index >= 15 is 0 Å². The van der Waals surface area contributed by atoms with Gasteiger partial charge in [-0.1, -0.05) is 12.1 Å². The molecule has 0 spiro atoms. The number of fused-ring (bicyclic) bond motifs is 1. The van der Waals surface area contributed by atoms with Crippen molar-refractivity contribution in [3.63, 3.8) is 0 Å². The standard InChI is InChI=1S/C17H17N3O4/c1-11-16(22)20(13-7-3-4-8-14(13)24-11)10-15(21)18-12-6-5-9-19(2)17(12)23/h3-9,11H,10H2,1-2H3,(H,18,21). The van der Waals surface area contributed by atoms with Crippen molar-refractivity contribution >= 4 is 23.2 Å². The van der Waals surface area contributed by atoms with Crippen LogP contribution in [-0.2, 0) is 16.6 Å². The second kappa shape index (κ2) is 6.19. The lowest BCUT2D eigenvalue weighted by atomic mass is 10.2. The van der Waals surface area contributed by atoms with Crippen LogP contribution >= 0.6 is 0 Å². The average molecular weight is 327 g/mol. The lowest BCUT2D eigenvalue weighted by molar-refractivity contribution is -0.127. The number of hydrogen-bond acceptors (Lipinski definition) is 4. The number of para-hydroxylation sites is 2. The van der Waals surface area contributed by atoms with Gasteiger partial charge in [0.1, 0.15) is 18.0 Å². The highest BCUT2D eigenvalue weighted by molar-refractivity contribution is 6.06. The van der Waals surface area contributed by atoms with Crippen molar-refractivity contribution in [2.24, 2.45) is 7.05 Å². The summed E-state index contributed by atoms with van der Waals surface area (Å²) in [6.07, 6.45) is 0.929. The summed E-state index contributed by atoms with van der Waals surface area (Å²) in [6.45, 7) is 1.44. The van der Waals surface area contributed by atoms with Crippen molar-refractivity contribution in [3.8, 4) is 5.75 Å². The van der Waals surface area contributed by atoms with Gasteiger partial charge in [0.15, 0.2) is 6.10 Å². The number of carbonyl (C=O) groups is 2. The molecule has 7 heteroatoms. The van der Waals surface area contributed by atoms with Gasteiger partial charge in [-0.25, -0.2) is 0 Å². The third kappa shape index (κ3) is 2.88. The van der Waals surface area contributed by atoms with Crippen molar-refractivity contribution < 1.29 is 14.3 Å². The lowest BCUT2D eigenvalue weighted by Gasteiger charge is -2.32. The summed E-state index contributed by atoms with van der Waals surface area (Å²) in [4.78, 5) is 38.0. The molecule has 1 aliphatic rings. The number of hydrogen-bond donors (Lipinski definition) is 1. The fourth-order valence-corrected chi connectivity index (χ4v) is 2.55. The minimum absolute atomic E-state index is 0.173. The summed E-state index contributed by atoms with van der Waals surface area (Å²) in [6, 6.07) is 10.2. The molecule has 7 nitrogen and oxygen atoms in total. The Morgan fingerprint density at radius 3 is 2.75 bits per heavy atom. The molecule has 2 heterocycles. The summed E-state index contributed by atoms with van der Waals surface area (Å²) < 4.78 is 6.90. The zero-order valence-corrected chi connectivity index (χ0v) is 13.4. The van der Waals surface area contributed by atoms with E-state index in [0.717, 1.165) is 0 Å². The minimum atomic E-state index is -0.669. The second-order valence-corrected chi connectivity index (χ2v) is 5.54. The quantitative estimate of drug-likeness (QED) is 0.917. The molecule has 1 aromatic heterocycles. The normalized spacial score (nSPS) is 16.3. The third-order valence-corrected chi connectivity index (χ3v) is 3.77. The molecule has 1 unspecified atom stereocenters. The first kappa shape index (κ1) is 15.8. The van der Waals surface area contributed by atoms with E-state index in [1.807, 2.05) is 0 Å². The Labute approximate surface area is 138 Å². The second-order valence-electron chi connectivity index (χ2n) is 5.54. The molecule has 0 fully saturated rings. The van der Waals surface area contributed by atoms with Gasteiger partial charge in [-0.2, -0.15) is 0 Å². The van der Waals surface area contributed by atoms with Gasteiger partial charge >= 0.3 is 0 Å². The summed E-state index contributed by atoms with van der Waals surface area (Å²) in [5, 5.41) is 2.56. The predicted molar refractivity (Wildman–Crippen MR) is 89.2 cm³/mol. The van der Waals surface area contributed by atoms with E-state index in [1.165, 1.54) is 15.5 Å². The number of amides is 2. The summed E-state index contributed by atoms with van der Waals surface area (Å²) in [7, 11) is 1.60. The smallest absolute Gasteiger partial charge is 0.274 e. The Balaban J connectivity index is 1.82.